The standard InChI is InChI=1S/C16H18F2N6O2/c17-16(18)26-13-5-9(6-23-14(13)19)11-7-22-12(8-21-11)15(25)24-10-1-3-20-4-2-10/h5-8,10,16,20H,1-4H2,(H2,19,23)(H,24,25). The number of piperidine rings is 1. The highest BCUT2D eigenvalue weighted by Crippen LogP contribution is 2.26. The summed E-state index contributed by atoms with van der Waals surface area (Å²) >= 11 is 0. The second kappa shape index (κ2) is 8.00. The summed E-state index contributed by atoms with van der Waals surface area (Å²) in [6.45, 7) is -1.28. The number of hydrogen-bond acceptors (Lipinski definition) is 7. The van der Waals surface area contributed by atoms with Crippen molar-refractivity contribution in [2.45, 2.75) is 25.5 Å². The predicted molar refractivity (Wildman–Crippen MR) is 89.7 cm³/mol. The first-order chi connectivity index (χ1) is 12.5. The van der Waals surface area contributed by atoms with Crippen LogP contribution in [0.2, 0.25) is 0 Å². The largest absolute Gasteiger partial charge is 0.431 e. The highest BCUT2D eigenvalue weighted by molar-refractivity contribution is 5.92. The van der Waals surface area contributed by atoms with E-state index in [1.54, 1.807) is 0 Å². The summed E-state index contributed by atoms with van der Waals surface area (Å²) in [6, 6.07) is 1.41. The van der Waals surface area contributed by atoms with Crippen molar-refractivity contribution in [1.29, 1.82) is 0 Å². The fraction of sp³-hybridized carbons (Fsp3) is 0.375. The average Bonchev–Trinajstić information content (AvgIpc) is 2.64. The molecule has 0 saturated carbocycles. The van der Waals surface area contributed by atoms with E-state index in [0.717, 1.165) is 25.9 Å². The Balaban J connectivity index is 1.71. The maximum absolute atomic E-state index is 12.4. The lowest BCUT2D eigenvalue weighted by molar-refractivity contribution is -0.0494. The number of nitrogens with zero attached hydrogens (tertiary/aromatic N) is 3. The summed E-state index contributed by atoms with van der Waals surface area (Å²) in [5.74, 6) is -0.694. The quantitative estimate of drug-likeness (QED) is 0.730. The van der Waals surface area contributed by atoms with Crippen molar-refractivity contribution in [3.63, 3.8) is 0 Å². The number of nitrogen functional groups attached to an aromatic ring is 1. The molecule has 8 nitrogen and oxygen atoms in total. The van der Waals surface area contributed by atoms with E-state index in [2.05, 4.69) is 30.3 Å². The fourth-order valence-electron chi connectivity index (χ4n) is 2.61. The lowest BCUT2D eigenvalue weighted by Gasteiger charge is -2.23. The van der Waals surface area contributed by atoms with Crippen molar-refractivity contribution in [3.05, 3.63) is 30.4 Å². The van der Waals surface area contributed by atoms with Gasteiger partial charge < -0.3 is 21.1 Å². The van der Waals surface area contributed by atoms with Gasteiger partial charge >= 0.3 is 6.61 Å². The van der Waals surface area contributed by atoms with Gasteiger partial charge in [0.2, 0.25) is 0 Å². The third-order valence-corrected chi connectivity index (χ3v) is 3.95. The third-order valence-electron chi connectivity index (χ3n) is 3.95. The molecule has 1 aliphatic heterocycles. The van der Waals surface area contributed by atoms with Crippen LogP contribution in [0.1, 0.15) is 23.3 Å². The van der Waals surface area contributed by atoms with Gasteiger partial charge in [0.1, 0.15) is 5.69 Å². The number of carbonyl (C=O) groups is 1. The number of nitrogens with one attached hydrogen (secondary N) is 2. The van der Waals surface area contributed by atoms with Crippen molar-refractivity contribution in [2.24, 2.45) is 0 Å². The van der Waals surface area contributed by atoms with Crippen LogP contribution in [0.5, 0.6) is 5.75 Å². The molecule has 1 fully saturated rings. The van der Waals surface area contributed by atoms with E-state index in [9.17, 15) is 13.6 Å². The highest BCUT2D eigenvalue weighted by atomic mass is 19.3. The van der Waals surface area contributed by atoms with Gasteiger partial charge in [-0.25, -0.2) is 9.97 Å². The molecule has 138 valence electrons. The van der Waals surface area contributed by atoms with E-state index in [4.69, 9.17) is 5.73 Å². The van der Waals surface area contributed by atoms with Crippen LogP contribution in [0.4, 0.5) is 14.6 Å². The molecule has 1 saturated heterocycles. The number of hydrogen-bond donors (Lipinski definition) is 3. The van der Waals surface area contributed by atoms with Gasteiger partial charge in [-0.3, -0.25) is 9.78 Å². The zero-order chi connectivity index (χ0) is 18.5. The van der Waals surface area contributed by atoms with E-state index >= 15 is 0 Å². The van der Waals surface area contributed by atoms with E-state index in [-0.39, 0.29) is 29.2 Å². The van der Waals surface area contributed by atoms with Crippen molar-refractivity contribution in [1.82, 2.24) is 25.6 Å². The Bertz CT molecular complexity index is 766. The molecule has 2 aromatic rings. The number of alkyl halides is 2. The second-order valence-electron chi connectivity index (χ2n) is 5.77. The van der Waals surface area contributed by atoms with Gasteiger partial charge in [-0.1, -0.05) is 0 Å². The van der Waals surface area contributed by atoms with Gasteiger partial charge in [-0.05, 0) is 32.0 Å². The van der Waals surface area contributed by atoms with Crippen molar-refractivity contribution in [2.75, 3.05) is 18.8 Å². The SMILES string of the molecule is Nc1ncc(-c2cnc(C(=O)NC3CCNCC3)cn2)cc1OC(F)F. The minimum atomic E-state index is -3.01. The molecule has 3 rings (SSSR count). The number of aromatic nitrogens is 3. The zero-order valence-corrected chi connectivity index (χ0v) is 13.8. The summed E-state index contributed by atoms with van der Waals surface area (Å²) in [7, 11) is 0. The summed E-state index contributed by atoms with van der Waals surface area (Å²) < 4.78 is 29.1. The summed E-state index contributed by atoms with van der Waals surface area (Å²) in [6.07, 6.45) is 5.79. The molecule has 0 aromatic carbocycles. The smallest absolute Gasteiger partial charge is 0.387 e. The topological polar surface area (TPSA) is 115 Å². The van der Waals surface area contributed by atoms with Gasteiger partial charge in [0.25, 0.3) is 5.91 Å². The number of pyridine rings is 1. The monoisotopic (exact) mass is 364 g/mol. The molecule has 10 heteroatoms. The zero-order valence-electron chi connectivity index (χ0n) is 13.8. The van der Waals surface area contributed by atoms with Crippen molar-refractivity contribution >= 4 is 11.7 Å². The molecule has 2 aromatic heterocycles. The van der Waals surface area contributed by atoms with Crippen molar-refractivity contribution < 1.29 is 18.3 Å². The van der Waals surface area contributed by atoms with Crippen LogP contribution in [-0.2, 0) is 0 Å². The molecule has 3 heterocycles. The van der Waals surface area contributed by atoms with E-state index in [0.29, 0.717) is 11.3 Å². The maximum Gasteiger partial charge on any atom is 0.387 e. The summed E-state index contributed by atoms with van der Waals surface area (Å²) in [4.78, 5) is 24.3. The molecule has 0 unspecified atom stereocenters. The number of anilines is 1. The molecule has 1 aliphatic rings. The van der Waals surface area contributed by atoms with Gasteiger partial charge in [0.05, 0.1) is 18.1 Å². The number of rotatable bonds is 5. The Labute approximate surface area is 148 Å². The number of carbonyl (C=O) groups excluding carboxylic acids is 1. The average molecular weight is 364 g/mol. The minimum Gasteiger partial charge on any atom is -0.431 e. The van der Waals surface area contributed by atoms with Gasteiger partial charge in [-0.2, -0.15) is 8.78 Å². The van der Waals surface area contributed by atoms with E-state index in [1.807, 2.05) is 0 Å². The van der Waals surface area contributed by atoms with Crippen LogP contribution in [-0.4, -0.2) is 46.6 Å². The third kappa shape index (κ3) is 4.39. The van der Waals surface area contributed by atoms with E-state index in [1.165, 1.54) is 24.7 Å². The maximum atomic E-state index is 12.4. The number of nitrogens with two attached hydrogens (primary N) is 1. The Morgan fingerprint density at radius 2 is 2.00 bits per heavy atom. The first-order valence-corrected chi connectivity index (χ1v) is 8.07. The first-order valence-electron chi connectivity index (χ1n) is 8.07. The highest BCUT2D eigenvalue weighted by Gasteiger charge is 2.18. The van der Waals surface area contributed by atoms with Crippen LogP contribution < -0.4 is 21.1 Å². The normalized spacial score (nSPS) is 15.0. The molecule has 1 amide bonds. The summed E-state index contributed by atoms with van der Waals surface area (Å²) in [5.41, 5.74) is 6.44. The summed E-state index contributed by atoms with van der Waals surface area (Å²) in [5, 5.41) is 6.14. The number of halogens is 2. The molecule has 0 atom stereocenters. The Morgan fingerprint density at radius 3 is 2.65 bits per heavy atom. The van der Waals surface area contributed by atoms with Crippen LogP contribution in [0.25, 0.3) is 11.3 Å². The molecule has 4 N–H and O–H groups in total. The fourth-order valence-corrected chi connectivity index (χ4v) is 2.61. The number of ether oxygens (including phenoxy) is 1. The van der Waals surface area contributed by atoms with Crippen LogP contribution in [0.3, 0.4) is 0 Å². The van der Waals surface area contributed by atoms with E-state index < -0.39 is 6.61 Å². The molecule has 0 radical (unpaired) electrons. The Kier molecular flexibility index (Phi) is 5.52. The molecular formula is C16H18F2N6O2. The van der Waals surface area contributed by atoms with Crippen LogP contribution in [0, 0.1) is 0 Å². The van der Waals surface area contributed by atoms with Gasteiger partial charge in [-0.15, -0.1) is 0 Å². The Hall–Kier alpha value is -2.88. The molecule has 0 bridgehead atoms. The Morgan fingerprint density at radius 1 is 1.23 bits per heavy atom. The van der Waals surface area contributed by atoms with Gasteiger partial charge in [0, 0.05) is 17.8 Å². The number of amides is 1. The van der Waals surface area contributed by atoms with Gasteiger partial charge in [0.15, 0.2) is 11.6 Å². The minimum absolute atomic E-state index is 0.112. The molecular weight excluding hydrogens is 346 g/mol. The molecule has 26 heavy (non-hydrogen) atoms. The van der Waals surface area contributed by atoms with Crippen LogP contribution >= 0.6 is 0 Å². The molecule has 0 aliphatic carbocycles. The second-order valence-corrected chi connectivity index (χ2v) is 5.77. The first kappa shape index (κ1) is 17.9. The van der Waals surface area contributed by atoms with Crippen LogP contribution in [0.15, 0.2) is 24.7 Å². The van der Waals surface area contributed by atoms with Crippen molar-refractivity contribution in [3.8, 4) is 17.0 Å². The lowest BCUT2D eigenvalue weighted by Crippen LogP contribution is -2.42. The predicted octanol–water partition coefficient (Wildman–Crippen LogP) is 1.20. The molecule has 0 spiro atoms. The lowest BCUT2D eigenvalue weighted by atomic mass is 10.1.